The minimum Gasteiger partial charge on any atom is -0.398 e. The lowest BCUT2D eigenvalue weighted by molar-refractivity contribution is -0.141. The van der Waals surface area contributed by atoms with Gasteiger partial charge in [-0.15, -0.1) is 0 Å². The van der Waals surface area contributed by atoms with Crippen LogP contribution in [0.3, 0.4) is 0 Å². The molecular weight excluding hydrogens is 204 g/mol. The van der Waals surface area contributed by atoms with Crippen LogP contribution in [0.2, 0.25) is 0 Å². The summed E-state index contributed by atoms with van der Waals surface area (Å²) >= 11 is 0. The predicted molar refractivity (Wildman–Crippen MR) is 62.9 cm³/mol. The molecule has 0 aromatic heterocycles. The van der Waals surface area contributed by atoms with Crippen LogP contribution in [-0.4, -0.2) is 12.9 Å². The fourth-order valence-electron chi connectivity index (χ4n) is 1.25. The van der Waals surface area contributed by atoms with Gasteiger partial charge in [-0.1, -0.05) is 50.1 Å². The Kier molecular flexibility index (Phi) is 10.3. The van der Waals surface area contributed by atoms with Crippen LogP contribution < -0.4 is 0 Å². The van der Waals surface area contributed by atoms with E-state index >= 15 is 0 Å². The van der Waals surface area contributed by atoms with E-state index in [9.17, 15) is 0 Å². The third kappa shape index (κ3) is 8.94. The number of carbonyl (C=O) groups is 2. The average Bonchev–Trinajstić information content (AvgIpc) is 2.33. The molecule has 0 amide bonds. The van der Waals surface area contributed by atoms with Gasteiger partial charge in [0.25, 0.3) is 0 Å². The van der Waals surface area contributed by atoms with Crippen LogP contribution in [0.1, 0.15) is 31.7 Å². The Morgan fingerprint density at radius 2 is 1.69 bits per heavy atom. The van der Waals surface area contributed by atoms with Crippen molar-refractivity contribution in [3.63, 3.8) is 0 Å². The molecule has 0 spiro atoms. The zero-order valence-corrected chi connectivity index (χ0v) is 9.59. The van der Waals surface area contributed by atoms with E-state index in [1.807, 2.05) is 0 Å². The predicted octanol–water partition coefficient (Wildman–Crippen LogP) is 2.74. The number of rotatable bonds is 6. The zero-order valence-electron chi connectivity index (χ0n) is 9.59. The third-order valence-electron chi connectivity index (χ3n) is 2.02. The van der Waals surface area contributed by atoms with E-state index in [4.69, 9.17) is 9.59 Å². The molecule has 0 aliphatic carbocycles. The molecular formula is C13H18O3. The highest BCUT2D eigenvalue weighted by Gasteiger charge is 1.89. The van der Waals surface area contributed by atoms with Crippen LogP contribution in [-0.2, 0) is 20.7 Å². The summed E-state index contributed by atoms with van der Waals surface area (Å²) in [6, 6.07) is 10.7. The summed E-state index contributed by atoms with van der Waals surface area (Å²) < 4.78 is 3.47. The molecule has 0 aliphatic rings. The lowest BCUT2D eigenvalue weighted by atomic mass is 10.1. The maximum Gasteiger partial charge on any atom is 0.300 e. The lowest BCUT2D eigenvalue weighted by Crippen LogP contribution is -1.83. The van der Waals surface area contributed by atoms with E-state index in [-0.39, 0.29) is 12.9 Å². The molecule has 1 aromatic rings. The summed E-state index contributed by atoms with van der Waals surface area (Å²) in [6.45, 7) is 2.37. The highest BCUT2D eigenvalue weighted by molar-refractivity contribution is 5.55. The quantitative estimate of drug-likeness (QED) is 0.422. The first kappa shape index (κ1) is 14.4. The van der Waals surface area contributed by atoms with Gasteiger partial charge in [0.2, 0.25) is 0 Å². The van der Waals surface area contributed by atoms with Crippen LogP contribution in [0.5, 0.6) is 0 Å². The molecule has 88 valence electrons. The second-order valence-electron chi connectivity index (χ2n) is 3.27. The molecule has 0 bridgehead atoms. The molecule has 16 heavy (non-hydrogen) atoms. The molecule has 0 radical (unpaired) electrons. The first-order chi connectivity index (χ1) is 7.85. The minimum absolute atomic E-state index is 0.0625. The van der Waals surface area contributed by atoms with Crippen LogP contribution in [0, 0.1) is 0 Å². The van der Waals surface area contributed by atoms with Gasteiger partial charge in [-0.2, -0.15) is 0 Å². The standard InChI is InChI=1S/C11H16.C2H2O3/c1-2-3-5-8-11-9-6-4-7-10-11;3-1-5-2-4/h4,6-7,9-10H,2-3,5,8H2,1H3;1-2H. The molecule has 0 fully saturated rings. The van der Waals surface area contributed by atoms with Gasteiger partial charge < -0.3 is 4.74 Å². The van der Waals surface area contributed by atoms with Gasteiger partial charge in [-0.25, -0.2) is 0 Å². The summed E-state index contributed by atoms with van der Waals surface area (Å²) in [6.07, 6.45) is 5.25. The number of benzene rings is 1. The topological polar surface area (TPSA) is 43.4 Å². The molecule has 0 aliphatic heterocycles. The first-order valence-corrected chi connectivity index (χ1v) is 5.41. The minimum atomic E-state index is 0.0625. The lowest BCUT2D eigenvalue weighted by Gasteiger charge is -1.98. The maximum absolute atomic E-state index is 8.95. The number of aryl methyl sites for hydroxylation is 1. The Morgan fingerprint density at radius 3 is 2.12 bits per heavy atom. The summed E-state index contributed by atoms with van der Waals surface area (Å²) in [5.74, 6) is 0. The van der Waals surface area contributed by atoms with Gasteiger partial charge in [0, 0.05) is 0 Å². The molecule has 1 rings (SSSR count). The van der Waals surface area contributed by atoms with Crippen molar-refractivity contribution < 1.29 is 14.3 Å². The number of hydrogen-bond acceptors (Lipinski definition) is 3. The number of hydrogen-bond donors (Lipinski definition) is 0. The monoisotopic (exact) mass is 222 g/mol. The Morgan fingerprint density at radius 1 is 1.06 bits per heavy atom. The first-order valence-electron chi connectivity index (χ1n) is 5.41. The van der Waals surface area contributed by atoms with Crippen molar-refractivity contribution in [1.82, 2.24) is 0 Å². The van der Waals surface area contributed by atoms with Gasteiger partial charge >= 0.3 is 12.9 Å². The van der Waals surface area contributed by atoms with E-state index in [1.54, 1.807) is 0 Å². The van der Waals surface area contributed by atoms with E-state index < -0.39 is 0 Å². The van der Waals surface area contributed by atoms with Crippen molar-refractivity contribution in [2.24, 2.45) is 0 Å². The molecule has 0 heterocycles. The van der Waals surface area contributed by atoms with E-state index in [2.05, 4.69) is 42.0 Å². The van der Waals surface area contributed by atoms with Crippen LogP contribution >= 0.6 is 0 Å². The van der Waals surface area contributed by atoms with Gasteiger partial charge in [-0.05, 0) is 18.4 Å². The molecule has 0 saturated carbocycles. The molecule has 0 unspecified atom stereocenters. The van der Waals surface area contributed by atoms with Gasteiger partial charge in [0.05, 0.1) is 0 Å². The van der Waals surface area contributed by atoms with Crippen molar-refractivity contribution in [3.8, 4) is 0 Å². The summed E-state index contributed by atoms with van der Waals surface area (Å²) in [5, 5.41) is 0. The zero-order chi connectivity index (χ0) is 12.1. The second kappa shape index (κ2) is 11.4. The van der Waals surface area contributed by atoms with Crippen LogP contribution in [0.4, 0.5) is 0 Å². The largest absolute Gasteiger partial charge is 0.398 e. The molecule has 3 nitrogen and oxygen atoms in total. The third-order valence-corrected chi connectivity index (χ3v) is 2.02. The second-order valence-corrected chi connectivity index (χ2v) is 3.27. The van der Waals surface area contributed by atoms with E-state index in [0.29, 0.717) is 0 Å². The highest BCUT2D eigenvalue weighted by Crippen LogP contribution is 2.05. The Bertz CT molecular complexity index is 264. The van der Waals surface area contributed by atoms with Gasteiger partial charge in [0.1, 0.15) is 0 Å². The van der Waals surface area contributed by atoms with Crippen molar-refractivity contribution in [1.29, 1.82) is 0 Å². The number of unbranched alkanes of at least 4 members (excludes halogenated alkanes) is 2. The maximum atomic E-state index is 8.95. The van der Waals surface area contributed by atoms with Crippen molar-refractivity contribution in [3.05, 3.63) is 35.9 Å². The SMILES string of the molecule is CCCCCc1ccccc1.O=COC=O. The molecule has 0 N–H and O–H groups in total. The normalized spacial score (nSPS) is 8.56. The summed E-state index contributed by atoms with van der Waals surface area (Å²) in [5.41, 5.74) is 1.47. The molecule has 3 heteroatoms. The van der Waals surface area contributed by atoms with E-state index in [0.717, 1.165) is 0 Å². The summed E-state index contributed by atoms with van der Waals surface area (Å²) in [7, 11) is 0. The summed E-state index contributed by atoms with van der Waals surface area (Å²) in [4.78, 5) is 17.9. The number of ether oxygens (including phenoxy) is 1. The van der Waals surface area contributed by atoms with Gasteiger partial charge in [0.15, 0.2) is 0 Å². The fourth-order valence-corrected chi connectivity index (χ4v) is 1.25. The molecule has 0 atom stereocenters. The van der Waals surface area contributed by atoms with Crippen molar-refractivity contribution in [2.75, 3.05) is 0 Å². The Labute approximate surface area is 96.4 Å². The van der Waals surface area contributed by atoms with Crippen LogP contribution in [0.15, 0.2) is 30.3 Å². The Hall–Kier alpha value is -1.64. The van der Waals surface area contributed by atoms with E-state index in [1.165, 1.54) is 31.2 Å². The Balaban J connectivity index is 0.000000385. The smallest absolute Gasteiger partial charge is 0.300 e. The van der Waals surface area contributed by atoms with Gasteiger partial charge in [-0.3, -0.25) is 9.59 Å². The van der Waals surface area contributed by atoms with Crippen LogP contribution in [0.25, 0.3) is 0 Å². The highest BCUT2D eigenvalue weighted by atomic mass is 16.6. The molecule has 1 aromatic carbocycles. The average molecular weight is 222 g/mol. The fraction of sp³-hybridized carbons (Fsp3) is 0.385. The molecule has 0 saturated heterocycles. The number of carbonyl (C=O) groups excluding carboxylic acids is 2. The van der Waals surface area contributed by atoms with Crippen molar-refractivity contribution in [2.45, 2.75) is 32.6 Å². The van der Waals surface area contributed by atoms with Crippen molar-refractivity contribution >= 4 is 12.9 Å².